The molecule has 2 rings (SSSR count). The summed E-state index contributed by atoms with van der Waals surface area (Å²) in [7, 11) is 3.18. The van der Waals surface area contributed by atoms with Crippen LogP contribution in [0.4, 0.5) is 10.6 Å². The van der Waals surface area contributed by atoms with Crippen molar-refractivity contribution in [3.63, 3.8) is 0 Å². The van der Waals surface area contributed by atoms with Gasteiger partial charge in [-0.15, -0.1) is 0 Å². The summed E-state index contributed by atoms with van der Waals surface area (Å²) in [6.07, 6.45) is 0.421. The molecule has 7 heteroatoms. The normalized spacial score (nSPS) is 23.0. The first-order valence-corrected chi connectivity index (χ1v) is 6.83. The molecule has 2 unspecified atom stereocenters. The lowest BCUT2D eigenvalue weighted by Gasteiger charge is -2.23. The molecule has 0 aromatic carbocycles. The lowest BCUT2D eigenvalue weighted by molar-refractivity contribution is 0.0632. The zero-order chi connectivity index (χ0) is 15.8. The number of amides is 2. The van der Waals surface area contributed by atoms with Crippen LogP contribution in [0.5, 0.6) is 0 Å². The Bertz CT molecular complexity index is 529. The topological polar surface area (TPSA) is 78.8 Å². The first-order chi connectivity index (χ1) is 9.77. The molecular weight excluding hydrogens is 272 g/mol. The highest BCUT2D eigenvalue weighted by Crippen LogP contribution is 2.28. The maximum absolute atomic E-state index is 12.3. The van der Waals surface area contributed by atoms with Crippen LogP contribution in [0.1, 0.15) is 26.5 Å². The molecule has 0 bridgehead atoms. The quantitative estimate of drug-likeness (QED) is 0.899. The third-order valence-electron chi connectivity index (χ3n) is 3.62. The SMILES string of the molecule is COCC1C(O)N(c2cc(C(C)(C)C)ncn2)C(=O)N1C. The van der Waals surface area contributed by atoms with Crippen molar-refractivity contribution in [2.75, 3.05) is 25.7 Å². The number of methoxy groups -OCH3 is 1. The zero-order valence-electron chi connectivity index (χ0n) is 13.1. The Labute approximate surface area is 124 Å². The lowest BCUT2D eigenvalue weighted by Crippen LogP contribution is -2.39. The summed E-state index contributed by atoms with van der Waals surface area (Å²) in [6, 6.07) is 1.02. The van der Waals surface area contributed by atoms with Crippen LogP contribution in [-0.4, -0.2) is 59.0 Å². The molecule has 2 amide bonds. The summed E-state index contributed by atoms with van der Waals surface area (Å²) in [5, 5.41) is 10.4. The van der Waals surface area contributed by atoms with Crippen LogP contribution in [0.15, 0.2) is 12.4 Å². The molecule has 0 saturated carbocycles. The van der Waals surface area contributed by atoms with E-state index in [4.69, 9.17) is 4.74 Å². The summed E-state index contributed by atoms with van der Waals surface area (Å²) < 4.78 is 5.06. The molecule has 1 saturated heterocycles. The highest BCUT2D eigenvalue weighted by Gasteiger charge is 2.44. The van der Waals surface area contributed by atoms with Crippen LogP contribution in [0, 0.1) is 0 Å². The Morgan fingerprint density at radius 3 is 2.62 bits per heavy atom. The van der Waals surface area contributed by atoms with E-state index in [0.717, 1.165) is 5.69 Å². The number of anilines is 1. The fourth-order valence-electron chi connectivity index (χ4n) is 2.29. The van der Waals surface area contributed by atoms with Gasteiger partial charge in [0.15, 0.2) is 6.23 Å². The number of urea groups is 1. The summed E-state index contributed by atoms with van der Waals surface area (Å²) >= 11 is 0. The number of aromatic nitrogens is 2. The van der Waals surface area contributed by atoms with Gasteiger partial charge in [0.2, 0.25) is 0 Å². The highest BCUT2D eigenvalue weighted by molar-refractivity contribution is 5.94. The van der Waals surface area contributed by atoms with Crippen LogP contribution in [0.25, 0.3) is 0 Å². The van der Waals surface area contributed by atoms with E-state index in [9.17, 15) is 9.90 Å². The molecule has 2 heterocycles. The van der Waals surface area contributed by atoms with Gasteiger partial charge in [0.25, 0.3) is 0 Å². The Morgan fingerprint density at radius 2 is 2.05 bits per heavy atom. The van der Waals surface area contributed by atoms with Gasteiger partial charge in [-0.2, -0.15) is 0 Å². The largest absolute Gasteiger partial charge is 0.382 e. The highest BCUT2D eigenvalue weighted by atomic mass is 16.5. The van der Waals surface area contributed by atoms with Crippen LogP contribution >= 0.6 is 0 Å². The average molecular weight is 294 g/mol. The van der Waals surface area contributed by atoms with Gasteiger partial charge in [-0.25, -0.2) is 19.7 Å². The second kappa shape index (κ2) is 5.57. The summed E-state index contributed by atoms with van der Waals surface area (Å²) in [5.41, 5.74) is 0.647. The first kappa shape index (κ1) is 15.7. The molecule has 116 valence electrons. The van der Waals surface area contributed by atoms with Crippen LogP contribution in [0.3, 0.4) is 0 Å². The number of nitrogens with zero attached hydrogens (tertiary/aromatic N) is 4. The second-order valence-electron chi connectivity index (χ2n) is 6.21. The van der Waals surface area contributed by atoms with E-state index in [-0.39, 0.29) is 18.1 Å². The number of carbonyl (C=O) groups excluding carboxylic acids is 1. The van der Waals surface area contributed by atoms with Crippen LogP contribution in [0.2, 0.25) is 0 Å². The van der Waals surface area contributed by atoms with E-state index in [1.54, 1.807) is 13.1 Å². The molecule has 2 atom stereocenters. The molecule has 0 spiro atoms. The summed E-state index contributed by atoms with van der Waals surface area (Å²) in [6.45, 7) is 6.35. The molecule has 0 radical (unpaired) electrons. The summed E-state index contributed by atoms with van der Waals surface area (Å²) in [5.74, 6) is 0.401. The Morgan fingerprint density at radius 1 is 1.38 bits per heavy atom. The van der Waals surface area contributed by atoms with E-state index in [2.05, 4.69) is 9.97 Å². The number of aliphatic hydroxyl groups is 1. The maximum atomic E-state index is 12.3. The van der Waals surface area contributed by atoms with Gasteiger partial charge >= 0.3 is 6.03 Å². The van der Waals surface area contributed by atoms with Crippen LogP contribution in [-0.2, 0) is 10.2 Å². The van der Waals surface area contributed by atoms with E-state index >= 15 is 0 Å². The number of rotatable bonds is 3. The zero-order valence-corrected chi connectivity index (χ0v) is 13.1. The predicted molar refractivity (Wildman–Crippen MR) is 78.0 cm³/mol. The first-order valence-electron chi connectivity index (χ1n) is 6.83. The molecular formula is C14H22N4O3. The van der Waals surface area contributed by atoms with Gasteiger partial charge in [-0.05, 0) is 0 Å². The Balaban J connectivity index is 2.36. The molecule has 0 aliphatic carbocycles. The minimum absolute atomic E-state index is 0.163. The molecule has 1 fully saturated rings. The average Bonchev–Trinajstić information content (AvgIpc) is 2.62. The van der Waals surface area contributed by atoms with Crippen molar-refractivity contribution in [2.45, 2.75) is 38.5 Å². The van der Waals surface area contributed by atoms with E-state index < -0.39 is 12.3 Å². The predicted octanol–water partition coefficient (Wildman–Crippen LogP) is 0.979. The number of aliphatic hydroxyl groups excluding tert-OH is 1. The van der Waals surface area contributed by atoms with Gasteiger partial charge in [-0.3, -0.25) is 0 Å². The fraction of sp³-hybridized carbons (Fsp3) is 0.643. The molecule has 7 nitrogen and oxygen atoms in total. The number of carbonyl (C=O) groups is 1. The molecule has 1 aliphatic heterocycles. The Hall–Kier alpha value is -1.73. The number of hydrogen-bond donors (Lipinski definition) is 1. The van der Waals surface area contributed by atoms with Crippen molar-refractivity contribution in [2.24, 2.45) is 0 Å². The minimum Gasteiger partial charge on any atom is -0.382 e. The molecule has 1 N–H and O–H groups in total. The van der Waals surface area contributed by atoms with Gasteiger partial charge in [0.1, 0.15) is 18.2 Å². The van der Waals surface area contributed by atoms with Crippen molar-refractivity contribution >= 4 is 11.8 Å². The number of likely N-dealkylation sites (N-methyl/N-ethyl adjacent to an activating group) is 1. The van der Waals surface area contributed by atoms with Crippen LogP contribution < -0.4 is 4.90 Å². The second-order valence-corrected chi connectivity index (χ2v) is 6.21. The minimum atomic E-state index is -0.995. The monoisotopic (exact) mass is 294 g/mol. The van der Waals surface area contributed by atoms with E-state index in [0.29, 0.717) is 5.82 Å². The Kier molecular flexibility index (Phi) is 4.15. The van der Waals surface area contributed by atoms with Crippen molar-refractivity contribution in [1.82, 2.24) is 14.9 Å². The van der Waals surface area contributed by atoms with Gasteiger partial charge in [0.05, 0.1) is 12.3 Å². The van der Waals surface area contributed by atoms with Crippen molar-refractivity contribution in [3.8, 4) is 0 Å². The fourth-order valence-corrected chi connectivity index (χ4v) is 2.29. The lowest BCUT2D eigenvalue weighted by atomic mass is 9.92. The smallest absolute Gasteiger partial charge is 0.328 e. The number of hydrogen-bond acceptors (Lipinski definition) is 5. The summed E-state index contributed by atoms with van der Waals surface area (Å²) in [4.78, 5) is 23.5. The van der Waals surface area contributed by atoms with Crippen molar-refractivity contribution < 1.29 is 14.6 Å². The standard InChI is InChI=1S/C14H22N4O3/c1-14(2,3)10-6-11(16-8-15-10)18-12(19)9(7-21-5)17(4)13(18)20/h6,8-9,12,19H,7H2,1-5H3. The third kappa shape index (κ3) is 2.84. The van der Waals surface area contributed by atoms with Gasteiger partial charge in [-0.1, -0.05) is 20.8 Å². The van der Waals surface area contributed by atoms with Gasteiger partial charge < -0.3 is 14.7 Å². The molecule has 21 heavy (non-hydrogen) atoms. The number of ether oxygens (including phenoxy) is 1. The molecule has 1 aliphatic rings. The molecule has 1 aromatic rings. The molecule has 1 aromatic heterocycles. The van der Waals surface area contributed by atoms with Crippen molar-refractivity contribution in [1.29, 1.82) is 0 Å². The van der Waals surface area contributed by atoms with E-state index in [1.165, 1.54) is 23.2 Å². The van der Waals surface area contributed by atoms with Gasteiger partial charge in [0, 0.05) is 25.6 Å². The van der Waals surface area contributed by atoms with Crippen molar-refractivity contribution in [3.05, 3.63) is 18.1 Å². The maximum Gasteiger partial charge on any atom is 0.328 e. The van der Waals surface area contributed by atoms with E-state index in [1.807, 2.05) is 20.8 Å². The third-order valence-corrected chi connectivity index (χ3v) is 3.62.